The minimum atomic E-state index is -3.62. The van der Waals surface area contributed by atoms with E-state index in [9.17, 15) is 8.42 Å². The molecular formula is C21H21NO4STe. The molecule has 0 aliphatic heterocycles. The summed E-state index contributed by atoms with van der Waals surface area (Å²) >= 11 is -2.74. The van der Waals surface area contributed by atoms with E-state index in [1.165, 1.54) is 0 Å². The van der Waals surface area contributed by atoms with Crippen molar-refractivity contribution >= 4 is 36.6 Å². The van der Waals surface area contributed by atoms with Crippen LogP contribution in [0.3, 0.4) is 0 Å². The van der Waals surface area contributed by atoms with E-state index in [1.54, 1.807) is 26.4 Å². The number of hydrogen-bond donors (Lipinski definition) is 0. The Bertz CT molecular complexity index is 998. The van der Waals surface area contributed by atoms with Crippen molar-refractivity contribution in [2.24, 2.45) is 2.59 Å². The third kappa shape index (κ3) is 5.41. The quantitative estimate of drug-likeness (QED) is 0.458. The summed E-state index contributed by atoms with van der Waals surface area (Å²) in [5.74, 6) is 1.35. The number of benzene rings is 3. The molecule has 5 nitrogen and oxygen atoms in total. The van der Waals surface area contributed by atoms with Crippen LogP contribution in [-0.2, 0) is 15.8 Å². The second-order valence-corrected chi connectivity index (χ2v) is 13.1. The molecule has 0 N–H and O–H groups in total. The molecule has 0 unspecified atom stereocenters. The Morgan fingerprint density at radius 3 is 1.64 bits per heavy atom. The van der Waals surface area contributed by atoms with Crippen molar-refractivity contribution in [1.29, 1.82) is 0 Å². The molecule has 28 heavy (non-hydrogen) atoms. The van der Waals surface area contributed by atoms with E-state index in [1.807, 2.05) is 66.7 Å². The molecule has 0 saturated heterocycles. The van der Waals surface area contributed by atoms with E-state index in [0.717, 1.165) is 24.3 Å². The van der Waals surface area contributed by atoms with Crippen molar-refractivity contribution in [3.05, 3.63) is 84.4 Å². The Hall–Kier alpha value is -2.20. The van der Waals surface area contributed by atoms with Gasteiger partial charge in [0, 0.05) is 0 Å². The van der Waals surface area contributed by atoms with Crippen LogP contribution in [0, 0.1) is 0 Å². The summed E-state index contributed by atoms with van der Waals surface area (Å²) in [6.45, 7) is 0. The molecule has 3 rings (SSSR count). The van der Waals surface area contributed by atoms with Crippen molar-refractivity contribution in [1.82, 2.24) is 0 Å². The second kappa shape index (κ2) is 9.33. The van der Waals surface area contributed by atoms with Crippen LogP contribution in [0.25, 0.3) is 0 Å². The van der Waals surface area contributed by atoms with Gasteiger partial charge >= 0.3 is 173 Å². The molecule has 0 radical (unpaired) electrons. The molecule has 0 saturated carbocycles. The van der Waals surface area contributed by atoms with Gasteiger partial charge in [0.15, 0.2) is 0 Å². The molecule has 0 aromatic heterocycles. The van der Waals surface area contributed by atoms with Gasteiger partial charge in [-0.25, -0.2) is 0 Å². The standard InChI is InChI=1S/C21H21NO4STe/c1-25-18-8-12-20(13-9-18)28(21-14-10-19(26-2)11-15-21)22-27(23,24)16-17-6-4-3-5-7-17/h3-15H,16H2,1-2H3. The van der Waals surface area contributed by atoms with E-state index in [4.69, 9.17) is 9.47 Å². The zero-order valence-corrected chi connectivity index (χ0v) is 18.8. The van der Waals surface area contributed by atoms with Crippen molar-refractivity contribution in [2.75, 3.05) is 14.2 Å². The maximum absolute atomic E-state index is 12.8. The van der Waals surface area contributed by atoms with Crippen LogP contribution in [0.2, 0.25) is 0 Å². The van der Waals surface area contributed by atoms with E-state index in [0.29, 0.717) is 0 Å². The van der Waals surface area contributed by atoms with Crippen LogP contribution < -0.4 is 16.7 Å². The molecule has 0 aliphatic carbocycles. The number of sulfonamides is 1. The van der Waals surface area contributed by atoms with Gasteiger partial charge in [-0.2, -0.15) is 0 Å². The molecule has 146 valence electrons. The predicted molar refractivity (Wildman–Crippen MR) is 113 cm³/mol. The van der Waals surface area contributed by atoms with Gasteiger partial charge in [0.05, 0.1) is 0 Å². The van der Waals surface area contributed by atoms with Crippen LogP contribution in [0.15, 0.2) is 81.5 Å². The molecule has 0 spiro atoms. The van der Waals surface area contributed by atoms with Crippen LogP contribution in [-0.4, -0.2) is 42.0 Å². The Kier molecular flexibility index (Phi) is 6.84. The SMILES string of the molecule is COc1ccc([Te](=NS(=O)(=O)Cc2ccccc2)c2ccc(OC)cc2)cc1. The monoisotopic (exact) mass is 513 g/mol. The Balaban J connectivity index is 2.04. The summed E-state index contributed by atoms with van der Waals surface area (Å²) in [5, 5.41) is 0. The molecule has 3 aromatic carbocycles. The van der Waals surface area contributed by atoms with E-state index < -0.39 is 29.4 Å². The molecular weight excluding hydrogens is 490 g/mol. The van der Waals surface area contributed by atoms with Crippen LogP contribution in [0.5, 0.6) is 11.5 Å². The van der Waals surface area contributed by atoms with Gasteiger partial charge in [0.25, 0.3) is 0 Å². The van der Waals surface area contributed by atoms with Gasteiger partial charge in [-0.3, -0.25) is 0 Å². The Morgan fingerprint density at radius 1 is 0.750 bits per heavy atom. The maximum atomic E-state index is 12.8. The summed E-state index contributed by atoms with van der Waals surface area (Å²) in [6.07, 6.45) is 0. The number of methoxy groups -OCH3 is 2. The topological polar surface area (TPSA) is 65.0 Å². The van der Waals surface area contributed by atoms with Crippen molar-refractivity contribution in [3.63, 3.8) is 0 Å². The molecule has 0 amide bonds. The molecule has 3 aromatic rings. The number of nitrogens with zero attached hydrogens (tertiary/aromatic N) is 1. The average Bonchev–Trinajstić information content (AvgIpc) is 2.73. The van der Waals surface area contributed by atoms with Gasteiger partial charge < -0.3 is 0 Å². The van der Waals surface area contributed by atoms with E-state index in [-0.39, 0.29) is 5.75 Å². The first-order chi connectivity index (χ1) is 13.5. The van der Waals surface area contributed by atoms with Gasteiger partial charge in [-0.05, 0) is 0 Å². The second-order valence-electron chi connectivity index (χ2n) is 5.92. The predicted octanol–water partition coefficient (Wildman–Crippen LogP) is 2.61. The van der Waals surface area contributed by atoms with Gasteiger partial charge in [-0.1, -0.05) is 0 Å². The first-order valence-corrected chi connectivity index (χ1v) is 13.5. The van der Waals surface area contributed by atoms with Crippen LogP contribution in [0.1, 0.15) is 5.56 Å². The molecule has 0 aliphatic rings. The third-order valence-corrected chi connectivity index (χ3v) is 12.3. The first kappa shape index (κ1) is 20.5. The van der Waals surface area contributed by atoms with Crippen molar-refractivity contribution < 1.29 is 17.9 Å². The van der Waals surface area contributed by atoms with Crippen molar-refractivity contribution in [2.45, 2.75) is 5.75 Å². The summed E-state index contributed by atoms with van der Waals surface area (Å²) in [7, 11) is -0.420. The molecule has 0 heterocycles. The Labute approximate surface area is 172 Å². The van der Waals surface area contributed by atoms with E-state index >= 15 is 0 Å². The number of rotatable bonds is 7. The first-order valence-electron chi connectivity index (χ1n) is 8.53. The molecule has 7 heteroatoms. The molecule has 0 atom stereocenters. The Morgan fingerprint density at radius 2 is 1.21 bits per heavy atom. The summed E-state index contributed by atoms with van der Waals surface area (Å²) in [6, 6.07) is 24.1. The minimum absolute atomic E-state index is 0.0997. The van der Waals surface area contributed by atoms with Gasteiger partial charge in [-0.15, -0.1) is 0 Å². The molecule has 0 bridgehead atoms. The number of ether oxygens (including phenoxy) is 2. The van der Waals surface area contributed by atoms with Gasteiger partial charge in [0.2, 0.25) is 0 Å². The summed E-state index contributed by atoms with van der Waals surface area (Å²) < 4.78 is 42.4. The van der Waals surface area contributed by atoms with E-state index in [2.05, 4.69) is 2.59 Å². The zero-order valence-electron chi connectivity index (χ0n) is 15.6. The zero-order chi connectivity index (χ0) is 20.0. The fourth-order valence-corrected chi connectivity index (χ4v) is 10.5. The average molecular weight is 511 g/mol. The number of hydrogen-bond acceptors (Lipinski definition) is 4. The summed E-state index contributed by atoms with van der Waals surface area (Å²) in [4.78, 5) is 0. The normalized spacial score (nSPS) is 11.2. The fourth-order valence-electron chi connectivity index (χ4n) is 2.56. The van der Waals surface area contributed by atoms with Gasteiger partial charge in [0.1, 0.15) is 0 Å². The molecule has 0 fully saturated rings. The third-order valence-electron chi connectivity index (χ3n) is 3.95. The van der Waals surface area contributed by atoms with Crippen LogP contribution in [0.4, 0.5) is 0 Å². The van der Waals surface area contributed by atoms with Crippen molar-refractivity contribution in [3.8, 4) is 11.5 Å². The van der Waals surface area contributed by atoms with Crippen LogP contribution >= 0.6 is 0 Å². The summed E-state index contributed by atoms with van der Waals surface area (Å²) in [5.41, 5.74) is 0.730. The fraction of sp³-hybridized carbons (Fsp3) is 0.143.